The lowest BCUT2D eigenvalue weighted by Gasteiger charge is -2.25. The molecule has 0 aromatic rings. The zero-order valence-corrected chi connectivity index (χ0v) is 11.3. The predicted molar refractivity (Wildman–Crippen MR) is 76.1 cm³/mol. The van der Waals surface area contributed by atoms with Gasteiger partial charge in [-0.15, -0.1) is 0 Å². The molecule has 0 radical (unpaired) electrons. The van der Waals surface area contributed by atoms with Crippen molar-refractivity contribution in [2.24, 2.45) is 5.41 Å². The van der Waals surface area contributed by atoms with Gasteiger partial charge in [0.1, 0.15) is 0 Å². The number of hydrogen-bond donors (Lipinski definition) is 0. The van der Waals surface area contributed by atoms with Crippen molar-refractivity contribution >= 4 is 0 Å². The summed E-state index contributed by atoms with van der Waals surface area (Å²) in [5.74, 6) is 0. The zero-order chi connectivity index (χ0) is 11.8. The minimum atomic E-state index is 0.452. The van der Waals surface area contributed by atoms with Crippen LogP contribution in [-0.2, 0) is 0 Å². The van der Waals surface area contributed by atoms with E-state index in [0.29, 0.717) is 5.41 Å². The van der Waals surface area contributed by atoms with Crippen LogP contribution in [0.15, 0.2) is 24.3 Å². The van der Waals surface area contributed by atoms with E-state index in [1.165, 1.54) is 77.0 Å². The van der Waals surface area contributed by atoms with E-state index in [1.54, 1.807) is 0 Å². The molecular formula is C17H28. The molecule has 96 valence electrons. The molecule has 0 N–H and O–H groups in total. The van der Waals surface area contributed by atoms with Gasteiger partial charge in [-0.05, 0) is 12.8 Å². The fraction of sp³-hybridized carbons (Fsp3) is 0.765. The highest BCUT2D eigenvalue weighted by Gasteiger charge is 2.24. The second-order valence-electron chi connectivity index (χ2n) is 5.99. The molecule has 0 amide bonds. The largest absolute Gasteiger partial charge is 0.0745 e. The van der Waals surface area contributed by atoms with E-state index in [1.807, 2.05) is 0 Å². The van der Waals surface area contributed by atoms with Crippen LogP contribution in [0.5, 0.6) is 0 Å². The Morgan fingerprint density at radius 2 is 0.824 bits per heavy atom. The summed E-state index contributed by atoms with van der Waals surface area (Å²) in [4.78, 5) is 0. The molecule has 0 aromatic carbocycles. The molecule has 1 fully saturated rings. The second-order valence-corrected chi connectivity index (χ2v) is 5.99. The summed E-state index contributed by atoms with van der Waals surface area (Å²) >= 11 is 0. The van der Waals surface area contributed by atoms with Crippen molar-refractivity contribution < 1.29 is 0 Å². The fourth-order valence-electron chi connectivity index (χ4n) is 3.33. The number of allylic oxidation sites excluding steroid dienone is 4. The third kappa shape index (κ3) is 4.33. The van der Waals surface area contributed by atoms with Crippen LogP contribution < -0.4 is 0 Å². The summed E-state index contributed by atoms with van der Waals surface area (Å²) in [7, 11) is 0. The van der Waals surface area contributed by atoms with Crippen LogP contribution in [0.2, 0.25) is 0 Å². The fourth-order valence-corrected chi connectivity index (χ4v) is 3.33. The maximum atomic E-state index is 2.46. The summed E-state index contributed by atoms with van der Waals surface area (Å²) in [6.45, 7) is 0. The standard InChI is InChI=1S/C17H28/c1-2-4-6-8-10-14-17(15-11-12-16-17)13-9-7-5-3-1/h11-12,15-16H,1-10,13-14H2. The highest BCUT2D eigenvalue weighted by atomic mass is 14.3. The van der Waals surface area contributed by atoms with Crippen molar-refractivity contribution in [1.29, 1.82) is 0 Å². The van der Waals surface area contributed by atoms with Gasteiger partial charge >= 0.3 is 0 Å². The predicted octanol–water partition coefficient (Wildman–Crippen LogP) is 5.79. The molecule has 1 spiro atoms. The van der Waals surface area contributed by atoms with E-state index in [-0.39, 0.29) is 0 Å². The molecule has 2 aliphatic rings. The van der Waals surface area contributed by atoms with Crippen LogP contribution in [0.25, 0.3) is 0 Å². The van der Waals surface area contributed by atoms with Gasteiger partial charge in [0.05, 0.1) is 0 Å². The summed E-state index contributed by atoms with van der Waals surface area (Å²) in [5.41, 5.74) is 0.452. The Kier molecular flexibility index (Phi) is 5.35. The first kappa shape index (κ1) is 12.9. The van der Waals surface area contributed by atoms with Crippen LogP contribution in [0.1, 0.15) is 77.0 Å². The van der Waals surface area contributed by atoms with Gasteiger partial charge < -0.3 is 0 Å². The van der Waals surface area contributed by atoms with Crippen molar-refractivity contribution in [3.05, 3.63) is 24.3 Å². The molecule has 2 rings (SSSR count). The minimum absolute atomic E-state index is 0.452. The Hall–Kier alpha value is -0.520. The molecule has 0 unspecified atom stereocenters. The maximum Gasteiger partial charge on any atom is 0.00671 e. The molecule has 0 heteroatoms. The summed E-state index contributed by atoms with van der Waals surface area (Å²) < 4.78 is 0. The lowest BCUT2D eigenvalue weighted by molar-refractivity contribution is 0.379. The van der Waals surface area contributed by atoms with Gasteiger partial charge in [-0.1, -0.05) is 88.5 Å². The number of hydrogen-bond acceptors (Lipinski definition) is 0. The Morgan fingerprint density at radius 1 is 0.471 bits per heavy atom. The van der Waals surface area contributed by atoms with Crippen LogP contribution in [0, 0.1) is 5.41 Å². The molecule has 0 saturated heterocycles. The van der Waals surface area contributed by atoms with Crippen LogP contribution >= 0.6 is 0 Å². The normalized spacial score (nSPS) is 26.4. The van der Waals surface area contributed by atoms with Crippen LogP contribution in [0.3, 0.4) is 0 Å². The van der Waals surface area contributed by atoms with E-state index in [0.717, 1.165) is 0 Å². The van der Waals surface area contributed by atoms with Gasteiger partial charge in [0.2, 0.25) is 0 Å². The topological polar surface area (TPSA) is 0 Å². The average molecular weight is 232 g/mol. The summed E-state index contributed by atoms with van der Waals surface area (Å²) in [6.07, 6.45) is 26.8. The van der Waals surface area contributed by atoms with Crippen molar-refractivity contribution in [2.45, 2.75) is 77.0 Å². The maximum absolute atomic E-state index is 2.46. The third-order valence-corrected chi connectivity index (χ3v) is 4.50. The van der Waals surface area contributed by atoms with E-state index in [2.05, 4.69) is 24.3 Å². The van der Waals surface area contributed by atoms with E-state index < -0.39 is 0 Å². The Balaban J connectivity index is 1.84. The average Bonchev–Trinajstić information content (AvgIpc) is 2.80. The van der Waals surface area contributed by atoms with Gasteiger partial charge in [-0.25, -0.2) is 0 Å². The molecule has 0 aliphatic heterocycles. The molecule has 0 aromatic heterocycles. The molecule has 17 heavy (non-hydrogen) atoms. The molecule has 0 nitrogen and oxygen atoms in total. The van der Waals surface area contributed by atoms with Crippen molar-refractivity contribution in [3.8, 4) is 0 Å². The van der Waals surface area contributed by atoms with Crippen molar-refractivity contribution in [2.75, 3.05) is 0 Å². The monoisotopic (exact) mass is 232 g/mol. The zero-order valence-electron chi connectivity index (χ0n) is 11.3. The third-order valence-electron chi connectivity index (χ3n) is 4.50. The van der Waals surface area contributed by atoms with Gasteiger partial charge in [0.25, 0.3) is 0 Å². The highest BCUT2D eigenvalue weighted by molar-refractivity contribution is 5.24. The Bertz CT molecular complexity index is 231. The molecular weight excluding hydrogens is 204 g/mol. The van der Waals surface area contributed by atoms with Crippen LogP contribution in [0.4, 0.5) is 0 Å². The van der Waals surface area contributed by atoms with Gasteiger partial charge in [-0.2, -0.15) is 0 Å². The second kappa shape index (κ2) is 7.03. The van der Waals surface area contributed by atoms with Gasteiger partial charge in [0.15, 0.2) is 0 Å². The summed E-state index contributed by atoms with van der Waals surface area (Å²) in [6, 6.07) is 0. The van der Waals surface area contributed by atoms with E-state index in [9.17, 15) is 0 Å². The first-order valence-electron chi connectivity index (χ1n) is 7.78. The first-order valence-corrected chi connectivity index (χ1v) is 7.78. The Morgan fingerprint density at radius 3 is 1.24 bits per heavy atom. The Labute approximate surface area is 107 Å². The van der Waals surface area contributed by atoms with E-state index >= 15 is 0 Å². The molecule has 0 bridgehead atoms. The lowest BCUT2D eigenvalue weighted by Crippen LogP contribution is -2.13. The van der Waals surface area contributed by atoms with Crippen molar-refractivity contribution in [3.63, 3.8) is 0 Å². The van der Waals surface area contributed by atoms with Crippen molar-refractivity contribution in [1.82, 2.24) is 0 Å². The van der Waals surface area contributed by atoms with Gasteiger partial charge in [-0.3, -0.25) is 0 Å². The van der Waals surface area contributed by atoms with E-state index in [4.69, 9.17) is 0 Å². The highest BCUT2D eigenvalue weighted by Crippen LogP contribution is 2.38. The van der Waals surface area contributed by atoms with Gasteiger partial charge in [0, 0.05) is 5.41 Å². The first-order chi connectivity index (χ1) is 8.41. The quantitative estimate of drug-likeness (QED) is 0.495. The molecule has 2 aliphatic carbocycles. The smallest absolute Gasteiger partial charge is 0.00671 e. The summed E-state index contributed by atoms with van der Waals surface area (Å²) in [5, 5.41) is 0. The lowest BCUT2D eigenvalue weighted by atomic mass is 9.79. The molecule has 0 atom stereocenters. The number of rotatable bonds is 0. The molecule has 0 heterocycles. The SMILES string of the molecule is C1=CC2(C=C1)CCCCCCCCCCCC2. The van der Waals surface area contributed by atoms with Crippen LogP contribution in [-0.4, -0.2) is 0 Å². The molecule has 1 saturated carbocycles. The minimum Gasteiger partial charge on any atom is -0.0745 e.